The highest BCUT2D eigenvalue weighted by atomic mass is 16.4. The van der Waals surface area contributed by atoms with Gasteiger partial charge in [0.15, 0.2) is 0 Å². The number of nitrogens with zero attached hydrogens (tertiary/aromatic N) is 3. The summed E-state index contributed by atoms with van der Waals surface area (Å²) in [5, 5.41) is 0. The molecular weight excluding hydrogens is 192 g/mol. The van der Waals surface area contributed by atoms with Crippen LogP contribution >= 0.6 is 0 Å². The molecule has 0 aromatic carbocycles. The van der Waals surface area contributed by atoms with Crippen LogP contribution < -0.4 is 5.73 Å². The van der Waals surface area contributed by atoms with Gasteiger partial charge in [0.1, 0.15) is 17.3 Å². The van der Waals surface area contributed by atoms with E-state index in [1.165, 1.54) is 6.20 Å². The molecule has 0 amide bonds. The molecule has 0 saturated carbocycles. The van der Waals surface area contributed by atoms with Crippen LogP contribution in [0, 0.1) is 20.8 Å². The average Bonchev–Trinajstić information content (AvgIpc) is 2.51. The Kier molecular flexibility index (Phi) is 2.15. The molecule has 0 saturated heterocycles. The summed E-state index contributed by atoms with van der Waals surface area (Å²) in [6.45, 7) is 5.59. The lowest BCUT2D eigenvalue weighted by molar-refractivity contribution is 0.538. The molecule has 15 heavy (non-hydrogen) atoms. The molecule has 2 rings (SSSR count). The molecule has 0 spiro atoms. The monoisotopic (exact) mass is 204 g/mol. The van der Waals surface area contributed by atoms with E-state index in [4.69, 9.17) is 10.2 Å². The van der Waals surface area contributed by atoms with Crippen molar-refractivity contribution < 1.29 is 4.42 Å². The Morgan fingerprint density at radius 1 is 1.13 bits per heavy atom. The first-order valence-electron chi connectivity index (χ1n) is 4.61. The van der Waals surface area contributed by atoms with E-state index >= 15 is 0 Å². The lowest BCUT2D eigenvalue weighted by atomic mass is 10.3. The van der Waals surface area contributed by atoms with E-state index in [0.717, 1.165) is 17.1 Å². The van der Waals surface area contributed by atoms with Crippen molar-refractivity contribution in [2.45, 2.75) is 20.8 Å². The van der Waals surface area contributed by atoms with Crippen LogP contribution in [0.3, 0.4) is 0 Å². The van der Waals surface area contributed by atoms with Crippen molar-refractivity contribution in [1.82, 2.24) is 15.0 Å². The fraction of sp³-hybridized carbons (Fsp3) is 0.300. The minimum atomic E-state index is 0.365. The summed E-state index contributed by atoms with van der Waals surface area (Å²) in [5.41, 5.74) is 7.78. The van der Waals surface area contributed by atoms with Crippen molar-refractivity contribution in [2.75, 3.05) is 5.73 Å². The zero-order valence-corrected chi connectivity index (χ0v) is 8.90. The normalized spacial score (nSPS) is 10.6. The van der Waals surface area contributed by atoms with E-state index < -0.39 is 0 Å². The summed E-state index contributed by atoms with van der Waals surface area (Å²) in [7, 11) is 0. The molecule has 5 nitrogen and oxygen atoms in total. The number of aryl methyl sites for hydroxylation is 3. The van der Waals surface area contributed by atoms with Crippen LogP contribution in [0.4, 0.5) is 5.82 Å². The first-order valence-corrected chi connectivity index (χ1v) is 4.61. The summed E-state index contributed by atoms with van der Waals surface area (Å²) < 4.78 is 5.47. The van der Waals surface area contributed by atoms with Crippen LogP contribution in [-0.4, -0.2) is 15.0 Å². The van der Waals surface area contributed by atoms with Crippen molar-refractivity contribution in [2.24, 2.45) is 0 Å². The standard InChI is InChI=1S/C10H12N4O/c1-5-7(3)15-10(13-5)9-6(2)12-4-8(11)14-9/h4H,1-3H3,(H2,11,14). The van der Waals surface area contributed by atoms with Crippen LogP contribution in [0.5, 0.6) is 0 Å². The van der Waals surface area contributed by atoms with Gasteiger partial charge >= 0.3 is 0 Å². The molecular formula is C10H12N4O. The summed E-state index contributed by atoms with van der Waals surface area (Å²) in [5.74, 6) is 1.63. The molecule has 0 aliphatic rings. The first-order chi connectivity index (χ1) is 7.08. The average molecular weight is 204 g/mol. The molecule has 0 unspecified atom stereocenters. The number of nitrogens with two attached hydrogens (primary N) is 1. The molecule has 0 atom stereocenters. The zero-order chi connectivity index (χ0) is 11.0. The van der Waals surface area contributed by atoms with Crippen molar-refractivity contribution in [1.29, 1.82) is 0 Å². The van der Waals surface area contributed by atoms with Crippen LogP contribution in [0.2, 0.25) is 0 Å². The molecule has 0 aliphatic carbocycles. The Morgan fingerprint density at radius 2 is 1.87 bits per heavy atom. The third-order valence-electron chi connectivity index (χ3n) is 2.21. The second-order valence-corrected chi connectivity index (χ2v) is 3.39. The minimum Gasteiger partial charge on any atom is -0.440 e. The Hall–Kier alpha value is -1.91. The van der Waals surface area contributed by atoms with Crippen molar-refractivity contribution in [3.8, 4) is 11.6 Å². The molecule has 78 valence electrons. The molecule has 0 bridgehead atoms. The maximum atomic E-state index is 5.57. The number of oxazole rings is 1. The van der Waals surface area contributed by atoms with Crippen LogP contribution in [0.1, 0.15) is 17.1 Å². The second-order valence-electron chi connectivity index (χ2n) is 3.39. The topological polar surface area (TPSA) is 77.8 Å². The summed E-state index contributed by atoms with van der Waals surface area (Å²) >= 11 is 0. The second kappa shape index (κ2) is 3.34. The van der Waals surface area contributed by atoms with Gasteiger partial charge in [-0.2, -0.15) is 0 Å². The predicted octanol–water partition coefficient (Wildman–Crippen LogP) is 1.64. The lowest BCUT2D eigenvalue weighted by Crippen LogP contribution is -1.97. The number of rotatable bonds is 1. The van der Waals surface area contributed by atoms with Gasteiger partial charge in [0, 0.05) is 0 Å². The SMILES string of the molecule is Cc1ncc(N)nc1-c1nc(C)c(C)o1. The quantitative estimate of drug-likeness (QED) is 0.763. The largest absolute Gasteiger partial charge is 0.440 e. The smallest absolute Gasteiger partial charge is 0.247 e. The van der Waals surface area contributed by atoms with Gasteiger partial charge < -0.3 is 10.2 Å². The van der Waals surface area contributed by atoms with Gasteiger partial charge in [-0.25, -0.2) is 9.97 Å². The van der Waals surface area contributed by atoms with Gasteiger partial charge in [-0.05, 0) is 20.8 Å². The third kappa shape index (κ3) is 1.68. The van der Waals surface area contributed by atoms with Crippen molar-refractivity contribution in [3.63, 3.8) is 0 Å². The van der Waals surface area contributed by atoms with Gasteiger partial charge in [-0.1, -0.05) is 0 Å². The maximum Gasteiger partial charge on any atom is 0.247 e. The number of anilines is 1. The zero-order valence-electron chi connectivity index (χ0n) is 8.90. The summed E-state index contributed by atoms with van der Waals surface area (Å²) in [6.07, 6.45) is 1.52. The number of nitrogen functional groups attached to an aromatic ring is 1. The molecule has 5 heteroatoms. The predicted molar refractivity (Wildman–Crippen MR) is 56.2 cm³/mol. The molecule has 0 fully saturated rings. The van der Waals surface area contributed by atoms with E-state index in [0.29, 0.717) is 17.4 Å². The Labute approximate surface area is 87.4 Å². The Balaban J connectivity index is 2.58. The fourth-order valence-corrected chi connectivity index (χ4v) is 1.24. The van der Waals surface area contributed by atoms with Crippen molar-refractivity contribution >= 4 is 5.82 Å². The van der Waals surface area contributed by atoms with Gasteiger partial charge in [0.05, 0.1) is 17.6 Å². The highest BCUT2D eigenvalue weighted by molar-refractivity contribution is 5.53. The molecule has 2 heterocycles. The lowest BCUT2D eigenvalue weighted by Gasteiger charge is -1.99. The highest BCUT2D eigenvalue weighted by Crippen LogP contribution is 2.21. The van der Waals surface area contributed by atoms with Gasteiger partial charge in [0.25, 0.3) is 0 Å². The number of hydrogen-bond acceptors (Lipinski definition) is 5. The Bertz CT molecular complexity index is 485. The molecule has 0 radical (unpaired) electrons. The molecule has 0 aliphatic heterocycles. The summed E-state index contributed by atoms with van der Waals surface area (Å²) in [6, 6.07) is 0. The Morgan fingerprint density at radius 3 is 2.47 bits per heavy atom. The fourth-order valence-electron chi connectivity index (χ4n) is 1.24. The first kappa shape index (κ1) is 9.64. The maximum absolute atomic E-state index is 5.57. The van der Waals surface area contributed by atoms with Gasteiger partial charge in [-0.15, -0.1) is 0 Å². The van der Waals surface area contributed by atoms with E-state index in [9.17, 15) is 0 Å². The minimum absolute atomic E-state index is 0.365. The van der Waals surface area contributed by atoms with Gasteiger partial charge in [-0.3, -0.25) is 4.98 Å². The van der Waals surface area contributed by atoms with E-state index in [-0.39, 0.29) is 0 Å². The highest BCUT2D eigenvalue weighted by Gasteiger charge is 2.13. The molecule has 2 aromatic heterocycles. The van der Waals surface area contributed by atoms with Gasteiger partial charge in [0.2, 0.25) is 5.89 Å². The van der Waals surface area contributed by atoms with Crippen molar-refractivity contribution in [3.05, 3.63) is 23.3 Å². The number of hydrogen-bond donors (Lipinski definition) is 1. The van der Waals surface area contributed by atoms with Crippen LogP contribution in [0.25, 0.3) is 11.6 Å². The molecule has 2 aromatic rings. The molecule has 2 N–H and O–H groups in total. The van der Waals surface area contributed by atoms with Crippen LogP contribution in [0.15, 0.2) is 10.6 Å². The number of aromatic nitrogens is 3. The van der Waals surface area contributed by atoms with E-state index in [1.807, 2.05) is 20.8 Å². The summed E-state index contributed by atoms with van der Waals surface area (Å²) in [4.78, 5) is 12.5. The van der Waals surface area contributed by atoms with E-state index in [1.54, 1.807) is 0 Å². The van der Waals surface area contributed by atoms with Crippen LogP contribution in [-0.2, 0) is 0 Å². The third-order valence-corrected chi connectivity index (χ3v) is 2.21. The van der Waals surface area contributed by atoms with E-state index in [2.05, 4.69) is 15.0 Å².